The first-order valence-corrected chi connectivity index (χ1v) is 10.4. The van der Waals surface area contributed by atoms with Gasteiger partial charge in [0.25, 0.3) is 0 Å². The molecule has 0 unspecified atom stereocenters. The fraction of sp³-hybridized carbons (Fsp3) is 0.632. The number of rotatable bonds is 3. The van der Waals surface area contributed by atoms with E-state index in [1.165, 1.54) is 6.42 Å². The van der Waals surface area contributed by atoms with Crippen LogP contribution in [-0.4, -0.2) is 51.8 Å². The van der Waals surface area contributed by atoms with E-state index in [4.69, 9.17) is 0 Å². The fourth-order valence-electron chi connectivity index (χ4n) is 4.36. The summed E-state index contributed by atoms with van der Waals surface area (Å²) in [5, 5.41) is 10.5. The third-order valence-corrected chi connectivity index (χ3v) is 6.45. The van der Waals surface area contributed by atoms with Crippen molar-refractivity contribution in [2.24, 2.45) is 17.8 Å². The van der Waals surface area contributed by atoms with Gasteiger partial charge in [-0.15, -0.1) is 10.2 Å². The number of carbonyl (C=O) groups is 1. The van der Waals surface area contributed by atoms with E-state index in [0.29, 0.717) is 17.7 Å². The first kappa shape index (κ1) is 17.5. The van der Waals surface area contributed by atoms with Gasteiger partial charge in [-0.2, -0.15) is 0 Å². The maximum Gasteiger partial charge on any atom is 0.227 e. The van der Waals surface area contributed by atoms with Gasteiger partial charge in [-0.05, 0) is 43.2 Å². The predicted octanol–water partition coefficient (Wildman–Crippen LogP) is 3.05. The summed E-state index contributed by atoms with van der Waals surface area (Å²) in [7, 11) is 0. The molecule has 2 aliphatic rings. The van der Waals surface area contributed by atoms with Crippen LogP contribution in [0.25, 0.3) is 5.13 Å². The molecule has 4 heterocycles. The van der Waals surface area contributed by atoms with Gasteiger partial charge in [0.15, 0.2) is 0 Å². The van der Waals surface area contributed by atoms with Crippen molar-refractivity contribution in [1.82, 2.24) is 19.7 Å². The second-order valence-electron chi connectivity index (χ2n) is 7.93. The number of likely N-dealkylation sites (tertiary alicyclic amines) is 1. The van der Waals surface area contributed by atoms with Gasteiger partial charge < -0.3 is 9.80 Å². The van der Waals surface area contributed by atoms with E-state index in [0.717, 1.165) is 49.3 Å². The molecule has 0 N–H and O–H groups in total. The van der Waals surface area contributed by atoms with Crippen LogP contribution in [0.3, 0.4) is 0 Å². The molecular formula is C19H27N5OS. The zero-order chi connectivity index (χ0) is 18.1. The molecule has 0 aliphatic carbocycles. The molecule has 4 rings (SSSR count). The Morgan fingerprint density at radius 1 is 1.08 bits per heavy atom. The summed E-state index contributed by atoms with van der Waals surface area (Å²) in [6, 6.07) is 3.97. The number of piperidine rings is 2. The molecule has 0 radical (unpaired) electrons. The van der Waals surface area contributed by atoms with Crippen LogP contribution < -0.4 is 4.90 Å². The Labute approximate surface area is 158 Å². The lowest BCUT2D eigenvalue weighted by atomic mass is 9.89. The fourth-order valence-corrected chi connectivity index (χ4v) is 5.20. The molecule has 2 saturated heterocycles. The molecule has 26 heavy (non-hydrogen) atoms. The van der Waals surface area contributed by atoms with E-state index in [2.05, 4.69) is 33.8 Å². The van der Waals surface area contributed by atoms with Crippen molar-refractivity contribution in [2.45, 2.75) is 33.1 Å². The van der Waals surface area contributed by atoms with Gasteiger partial charge in [0, 0.05) is 38.6 Å². The summed E-state index contributed by atoms with van der Waals surface area (Å²) >= 11 is 1.59. The molecule has 0 spiro atoms. The van der Waals surface area contributed by atoms with Gasteiger partial charge >= 0.3 is 0 Å². The highest BCUT2D eigenvalue weighted by atomic mass is 32.1. The van der Waals surface area contributed by atoms with E-state index >= 15 is 0 Å². The first-order chi connectivity index (χ1) is 12.6. The lowest BCUT2D eigenvalue weighted by molar-refractivity contribution is -0.138. The second kappa shape index (κ2) is 7.39. The summed E-state index contributed by atoms with van der Waals surface area (Å²) in [6.45, 7) is 8.06. The molecular weight excluding hydrogens is 346 g/mol. The minimum Gasteiger partial charge on any atom is -0.346 e. The molecule has 2 fully saturated rings. The van der Waals surface area contributed by atoms with Crippen molar-refractivity contribution in [3.05, 3.63) is 24.5 Å². The number of hydrogen-bond donors (Lipinski definition) is 0. The van der Waals surface area contributed by atoms with Gasteiger partial charge in [-0.25, -0.2) is 0 Å². The van der Waals surface area contributed by atoms with Gasteiger partial charge in [-0.3, -0.25) is 9.36 Å². The lowest BCUT2D eigenvalue weighted by Crippen LogP contribution is -2.49. The molecule has 1 amide bonds. The third kappa shape index (κ3) is 3.63. The Morgan fingerprint density at radius 2 is 1.77 bits per heavy atom. The maximum absolute atomic E-state index is 13.1. The molecule has 0 bridgehead atoms. The van der Waals surface area contributed by atoms with Crippen molar-refractivity contribution in [3.63, 3.8) is 0 Å². The maximum atomic E-state index is 13.1. The van der Waals surface area contributed by atoms with Crippen LogP contribution in [-0.2, 0) is 4.79 Å². The van der Waals surface area contributed by atoms with E-state index in [9.17, 15) is 4.79 Å². The topological polar surface area (TPSA) is 54.3 Å². The number of anilines is 1. The monoisotopic (exact) mass is 373 g/mol. The van der Waals surface area contributed by atoms with Crippen LogP contribution in [0.1, 0.15) is 33.1 Å². The number of carbonyl (C=O) groups excluding carboxylic acids is 1. The molecule has 140 valence electrons. The largest absolute Gasteiger partial charge is 0.346 e. The van der Waals surface area contributed by atoms with Crippen LogP contribution >= 0.6 is 11.3 Å². The molecule has 6 nitrogen and oxygen atoms in total. The second-order valence-corrected chi connectivity index (χ2v) is 8.87. The van der Waals surface area contributed by atoms with Gasteiger partial charge in [0.1, 0.15) is 0 Å². The molecule has 2 aromatic rings. The molecule has 0 saturated carbocycles. The van der Waals surface area contributed by atoms with Crippen LogP contribution in [0.5, 0.6) is 0 Å². The van der Waals surface area contributed by atoms with E-state index in [-0.39, 0.29) is 5.92 Å². The standard InChI is InChI=1S/C19H27N5OS/c1-14-10-15(2)12-24(11-14)17(25)16-6-5-9-23(13-16)19-21-20-18(26-19)22-7-3-4-8-22/h3-4,7-8,14-16H,5-6,9-13H2,1-2H3/t14-,15-,16+/m1/s1. The lowest BCUT2D eigenvalue weighted by Gasteiger charge is -2.39. The Morgan fingerprint density at radius 3 is 2.50 bits per heavy atom. The quantitative estimate of drug-likeness (QED) is 0.830. The van der Waals surface area contributed by atoms with Crippen LogP contribution in [0, 0.1) is 17.8 Å². The molecule has 2 aromatic heterocycles. The van der Waals surface area contributed by atoms with Crippen LogP contribution in [0.2, 0.25) is 0 Å². The van der Waals surface area contributed by atoms with Crippen LogP contribution in [0.4, 0.5) is 5.13 Å². The van der Waals surface area contributed by atoms with Crippen molar-refractivity contribution < 1.29 is 4.79 Å². The Hall–Kier alpha value is -1.89. The summed E-state index contributed by atoms with van der Waals surface area (Å²) in [5.74, 6) is 1.63. The van der Waals surface area contributed by atoms with Crippen molar-refractivity contribution in [3.8, 4) is 5.13 Å². The highest BCUT2D eigenvalue weighted by Crippen LogP contribution is 2.30. The summed E-state index contributed by atoms with van der Waals surface area (Å²) in [6.07, 6.45) is 7.20. The normalized spacial score (nSPS) is 26.9. The van der Waals surface area contributed by atoms with E-state index in [1.54, 1.807) is 11.3 Å². The number of hydrogen-bond acceptors (Lipinski definition) is 5. The minimum absolute atomic E-state index is 0.0835. The molecule has 3 atom stereocenters. The van der Waals surface area contributed by atoms with Gasteiger partial charge in [0.05, 0.1) is 5.92 Å². The zero-order valence-corrected chi connectivity index (χ0v) is 16.4. The zero-order valence-electron chi connectivity index (χ0n) is 15.5. The number of nitrogens with zero attached hydrogens (tertiary/aromatic N) is 5. The molecule has 7 heteroatoms. The van der Waals surface area contributed by atoms with Crippen molar-refractivity contribution in [1.29, 1.82) is 0 Å². The van der Waals surface area contributed by atoms with Gasteiger partial charge in [-0.1, -0.05) is 25.2 Å². The van der Waals surface area contributed by atoms with Crippen molar-refractivity contribution >= 4 is 22.4 Å². The highest BCUT2D eigenvalue weighted by molar-refractivity contribution is 7.17. The Bertz CT molecular complexity index is 733. The summed E-state index contributed by atoms with van der Waals surface area (Å²) in [4.78, 5) is 17.4. The smallest absolute Gasteiger partial charge is 0.227 e. The average Bonchev–Trinajstić information content (AvgIpc) is 3.31. The predicted molar refractivity (Wildman–Crippen MR) is 104 cm³/mol. The van der Waals surface area contributed by atoms with E-state index < -0.39 is 0 Å². The van der Waals surface area contributed by atoms with Gasteiger partial charge in [0.2, 0.25) is 16.2 Å². The van der Waals surface area contributed by atoms with E-state index in [1.807, 2.05) is 29.1 Å². The molecule has 2 aliphatic heterocycles. The highest BCUT2D eigenvalue weighted by Gasteiger charge is 2.33. The summed E-state index contributed by atoms with van der Waals surface area (Å²) in [5.41, 5.74) is 0. The summed E-state index contributed by atoms with van der Waals surface area (Å²) < 4.78 is 1.98. The number of aromatic nitrogens is 3. The average molecular weight is 374 g/mol. The minimum atomic E-state index is 0.0835. The van der Waals surface area contributed by atoms with Crippen LogP contribution in [0.15, 0.2) is 24.5 Å². The van der Waals surface area contributed by atoms with Crippen molar-refractivity contribution in [2.75, 3.05) is 31.1 Å². The third-order valence-electron chi connectivity index (χ3n) is 5.45. The SMILES string of the molecule is C[C@@H]1C[C@@H](C)CN(C(=O)[C@H]2CCCN(c3nnc(-n4cccc4)s3)C2)C1. The Balaban J connectivity index is 1.43. The molecule has 0 aromatic carbocycles. The number of amides is 1. The first-order valence-electron chi connectivity index (χ1n) is 9.60. The Kier molecular flexibility index (Phi) is 4.98.